The van der Waals surface area contributed by atoms with Gasteiger partial charge in [0.15, 0.2) is 0 Å². The maximum Gasteiger partial charge on any atom is 0.354 e. The minimum Gasteiger partial charge on any atom is -0.477 e. The van der Waals surface area contributed by atoms with Crippen LogP contribution >= 0.6 is 11.6 Å². The molecule has 0 atom stereocenters. The third-order valence-corrected chi connectivity index (χ3v) is 3.80. The number of aromatic amines is 1. The lowest BCUT2D eigenvalue weighted by atomic mass is 10.1. The number of halogens is 1. The first kappa shape index (κ1) is 14.0. The van der Waals surface area contributed by atoms with Crippen LogP contribution in [0.1, 0.15) is 10.5 Å². The topological polar surface area (TPSA) is 65.6 Å². The Labute approximate surface area is 127 Å². The molecular weight excluding hydrogens is 292 g/mol. The highest BCUT2D eigenvalue weighted by atomic mass is 35.5. The summed E-state index contributed by atoms with van der Waals surface area (Å²) in [6.07, 6.45) is 1.73. The van der Waals surface area contributed by atoms with Crippen molar-refractivity contribution in [2.45, 2.75) is 0 Å². The molecular formula is C15H15ClN2O3. The Morgan fingerprint density at radius 2 is 1.90 bits per heavy atom. The Kier molecular flexibility index (Phi) is 3.86. The second-order valence-corrected chi connectivity index (χ2v) is 5.27. The molecule has 21 heavy (non-hydrogen) atoms. The third-order valence-electron chi connectivity index (χ3n) is 3.55. The molecule has 0 bridgehead atoms. The van der Waals surface area contributed by atoms with E-state index in [4.69, 9.17) is 16.3 Å². The monoisotopic (exact) mass is 306 g/mol. The summed E-state index contributed by atoms with van der Waals surface area (Å²) in [6, 6.07) is 7.38. The van der Waals surface area contributed by atoms with Crippen LogP contribution in [0, 0.1) is 0 Å². The number of nitrogens with zero attached hydrogens (tertiary/aromatic N) is 1. The molecule has 6 heteroatoms. The van der Waals surface area contributed by atoms with Crippen LogP contribution in [-0.2, 0) is 4.74 Å². The molecule has 2 aromatic rings. The quantitative estimate of drug-likeness (QED) is 0.915. The molecule has 0 amide bonds. The van der Waals surface area contributed by atoms with Crippen LogP contribution in [0.2, 0.25) is 5.02 Å². The molecule has 3 rings (SSSR count). The van der Waals surface area contributed by atoms with Crippen molar-refractivity contribution in [2.75, 3.05) is 31.2 Å². The van der Waals surface area contributed by atoms with Gasteiger partial charge in [-0.2, -0.15) is 0 Å². The number of benzene rings is 1. The SMILES string of the molecule is O=C(O)c1[nH]cc(-c2ccc(Cl)cc2)c1N1CCOCC1. The van der Waals surface area contributed by atoms with E-state index in [0.29, 0.717) is 37.0 Å². The van der Waals surface area contributed by atoms with Crippen LogP contribution in [0.5, 0.6) is 0 Å². The van der Waals surface area contributed by atoms with Crippen LogP contribution in [-0.4, -0.2) is 42.4 Å². The van der Waals surface area contributed by atoms with Gasteiger partial charge in [-0.3, -0.25) is 0 Å². The van der Waals surface area contributed by atoms with Crippen LogP contribution in [0.25, 0.3) is 11.1 Å². The molecule has 0 saturated carbocycles. The predicted molar refractivity (Wildman–Crippen MR) is 81.2 cm³/mol. The molecule has 1 fully saturated rings. The van der Waals surface area contributed by atoms with Crippen molar-refractivity contribution in [3.8, 4) is 11.1 Å². The Hall–Kier alpha value is -1.98. The Balaban J connectivity index is 2.07. The number of aromatic nitrogens is 1. The van der Waals surface area contributed by atoms with Crippen molar-refractivity contribution < 1.29 is 14.6 Å². The van der Waals surface area contributed by atoms with Gasteiger partial charge in [0.1, 0.15) is 5.69 Å². The van der Waals surface area contributed by atoms with Crippen LogP contribution in [0.4, 0.5) is 5.69 Å². The molecule has 2 heterocycles. The van der Waals surface area contributed by atoms with E-state index in [9.17, 15) is 9.90 Å². The number of hydrogen-bond acceptors (Lipinski definition) is 3. The minimum absolute atomic E-state index is 0.210. The van der Waals surface area contributed by atoms with E-state index < -0.39 is 5.97 Å². The number of nitrogens with one attached hydrogen (secondary N) is 1. The van der Waals surface area contributed by atoms with Gasteiger partial charge in [0.05, 0.1) is 18.9 Å². The standard InChI is InChI=1S/C15H15ClN2O3/c16-11-3-1-10(2-4-11)12-9-17-13(15(19)20)14(12)18-5-7-21-8-6-18/h1-4,9,17H,5-8H2,(H,19,20). The number of morpholine rings is 1. The zero-order valence-electron chi connectivity index (χ0n) is 11.3. The molecule has 5 nitrogen and oxygen atoms in total. The lowest BCUT2D eigenvalue weighted by molar-refractivity contribution is 0.0690. The van der Waals surface area contributed by atoms with E-state index in [1.807, 2.05) is 17.0 Å². The van der Waals surface area contributed by atoms with Gasteiger partial charge in [-0.25, -0.2) is 4.79 Å². The lowest BCUT2D eigenvalue weighted by Crippen LogP contribution is -2.37. The number of carbonyl (C=O) groups is 1. The molecule has 1 aliphatic heterocycles. The Morgan fingerprint density at radius 1 is 1.24 bits per heavy atom. The Morgan fingerprint density at radius 3 is 2.52 bits per heavy atom. The van der Waals surface area contributed by atoms with Gasteiger partial charge < -0.3 is 19.7 Å². The van der Waals surface area contributed by atoms with Gasteiger partial charge in [0, 0.05) is 29.9 Å². The van der Waals surface area contributed by atoms with Gasteiger partial charge in [0.25, 0.3) is 0 Å². The van der Waals surface area contributed by atoms with Crippen molar-refractivity contribution in [1.82, 2.24) is 4.98 Å². The zero-order chi connectivity index (χ0) is 14.8. The number of aromatic carboxylic acids is 1. The van der Waals surface area contributed by atoms with Gasteiger partial charge in [-0.15, -0.1) is 0 Å². The van der Waals surface area contributed by atoms with E-state index in [-0.39, 0.29) is 5.69 Å². The first-order valence-corrected chi connectivity index (χ1v) is 7.08. The minimum atomic E-state index is -0.961. The van der Waals surface area contributed by atoms with Crippen LogP contribution < -0.4 is 4.90 Å². The second kappa shape index (κ2) is 5.79. The highest BCUT2D eigenvalue weighted by Crippen LogP contribution is 2.35. The number of carboxylic acids is 1. The fourth-order valence-electron chi connectivity index (χ4n) is 2.54. The summed E-state index contributed by atoms with van der Waals surface area (Å²) in [4.78, 5) is 16.4. The number of carboxylic acid groups (broad SMARTS) is 1. The molecule has 1 aromatic carbocycles. The zero-order valence-corrected chi connectivity index (χ0v) is 12.1. The van der Waals surface area contributed by atoms with Crippen molar-refractivity contribution in [1.29, 1.82) is 0 Å². The predicted octanol–water partition coefficient (Wildman–Crippen LogP) is 2.87. The average Bonchev–Trinajstić information content (AvgIpc) is 2.94. The molecule has 1 aromatic heterocycles. The first-order valence-electron chi connectivity index (χ1n) is 6.70. The summed E-state index contributed by atoms with van der Waals surface area (Å²) < 4.78 is 5.34. The molecule has 1 saturated heterocycles. The first-order chi connectivity index (χ1) is 10.2. The summed E-state index contributed by atoms with van der Waals surface area (Å²) in [5.74, 6) is -0.961. The smallest absolute Gasteiger partial charge is 0.354 e. The van der Waals surface area contributed by atoms with Gasteiger partial charge >= 0.3 is 5.97 Å². The number of anilines is 1. The lowest BCUT2D eigenvalue weighted by Gasteiger charge is -2.29. The number of ether oxygens (including phenoxy) is 1. The molecule has 0 spiro atoms. The summed E-state index contributed by atoms with van der Waals surface area (Å²) >= 11 is 5.91. The van der Waals surface area contributed by atoms with Crippen LogP contribution in [0.3, 0.4) is 0 Å². The number of hydrogen-bond donors (Lipinski definition) is 2. The number of H-pyrrole nitrogens is 1. The fraction of sp³-hybridized carbons (Fsp3) is 0.267. The molecule has 0 radical (unpaired) electrons. The average molecular weight is 307 g/mol. The maximum atomic E-state index is 11.5. The normalized spacial score (nSPS) is 15.2. The van der Waals surface area contributed by atoms with E-state index in [1.54, 1.807) is 18.3 Å². The molecule has 110 valence electrons. The summed E-state index contributed by atoms with van der Waals surface area (Å²) in [7, 11) is 0. The largest absolute Gasteiger partial charge is 0.477 e. The second-order valence-electron chi connectivity index (χ2n) is 4.84. The maximum absolute atomic E-state index is 11.5. The summed E-state index contributed by atoms with van der Waals surface area (Å²) in [5, 5.41) is 10.0. The third kappa shape index (κ3) is 2.75. The molecule has 1 aliphatic rings. The van der Waals surface area contributed by atoms with Gasteiger partial charge in [-0.05, 0) is 17.7 Å². The van der Waals surface area contributed by atoms with Crippen molar-refractivity contribution in [2.24, 2.45) is 0 Å². The van der Waals surface area contributed by atoms with Crippen LogP contribution in [0.15, 0.2) is 30.5 Å². The molecule has 0 aliphatic carbocycles. The molecule has 0 unspecified atom stereocenters. The van der Waals surface area contributed by atoms with E-state index in [2.05, 4.69) is 4.98 Å². The van der Waals surface area contributed by atoms with Gasteiger partial charge in [-0.1, -0.05) is 23.7 Å². The van der Waals surface area contributed by atoms with Crippen molar-refractivity contribution in [3.63, 3.8) is 0 Å². The van der Waals surface area contributed by atoms with E-state index in [0.717, 1.165) is 11.1 Å². The molecule has 2 N–H and O–H groups in total. The Bertz CT molecular complexity index is 645. The fourth-order valence-corrected chi connectivity index (χ4v) is 2.67. The van der Waals surface area contributed by atoms with E-state index >= 15 is 0 Å². The summed E-state index contributed by atoms with van der Waals surface area (Å²) in [5.41, 5.74) is 2.73. The highest BCUT2D eigenvalue weighted by molar-refractivity contribution is 6.30. The van der Waals surface area contributed by atoms with Crippen molar-refractivity contribution in [3.05, 3.63) is 41.2 Å². The van der Waals surface area contributed by atoms with E-state index in [1.165, 1.54) is 0 Å². The number of rotatable bonds is 3. The highest BCUT2D eigenvalue weighted by Gasteiger charge is 2.24. The summed E-state index contributed by atoms with van der Waals surface area (Å²) in [6.45, 7) is 2.56. The van der Waals surface area contributed by atoms with Crippen molar-refractivity contribution >= 4 is 23.3 Å². The van der Waals surface area contributed by atoms with Gasteiger partial charge in [0.2, 0.25) is 0 Å².